The number of benzene rings is 2. The molecule has 160 valence electrons. The van der Waals surface area contributed by atoms with E-state index in [0.717, 1.165) is 17.7 Å². The number of hydrogen-bond donors (Lipinski definition) is 1. The number of ether oxygens (including phenoxy) is 2. The normalized spacial score (nSPS) is 12.0. The third-order valence-electron chi connectivity index (χ3n) is 4.26. The van der Waals surface area contributed by atoms with E-state index in [-0.39, 0.29) is 12.3 Å². The van der Waals surface area contributed by atoms with Gasteiger partial charge < -0.3 is 14.8 Å². The van der Waals surface area contributed by atoms with Gasteiger partial charge in [-0.05, 0) is 37.6 Å². The maximum absolute atomic E-state index is 13.2. The highest BCUT2D eigenvalue weighted by Gasteiger charge is 2.34. The van der Waals surface area contributed by atoms with Gasteiger partial charge in [-0.2, -0.15) is 18.4 Å². The number of nitrogens with zero attached hydrogens (tertiary/aromatic N) is 1. The molecule has 0 aliphatic rings. The summed E-state index contributed by atoms with van der Waals surface area (Å²) in [5.74, 6) is 0.0842. The Balaban J connectivity index is 2.14. The molecular formula is C22H23F3N2O3. The summed E-state index contributed by atoms with van der Waals surface area (Å²) in [6, 6.07) is 11.8. The minimum Gasteiger partial charge on any atom is -0.494 e. The topological polar surface area (TPSA) is 71.3 Å². The summed E-state index contributed by atoms with van der Waals surface area (Å²) in [4.78, 5) is 12.6. The molecule has 5 nitrogen and oxygen atoms in total. The average Bonchev–Trinajstić information content (AvgIpc) is 2.72. The molecule has 0 heterocycles. The first-order chi connectivity index (χ1) is 14.3. The molecule has 0 aliphatic heterocycles. The molecule has 0 bridgehead atoms. The highest BCUT2D eigenvalue weighted by Crippen LogP contribution is 2.34. The Hall–Kier alpha value is -3.21. The van der Waals surface area contributed by atoms with Gasteiger partial charge in [0.15, 0.2) is 6.10 Å². The molecule has 0 aromatic heterocycles. The predicted octanol–water partition coefficient (Wildman–Crippen LogP) is 4.84. The minimum absolute atomic E-state index is 0.121. The zero-order chi connectivity index (χ0) is 22.1. The maximum Gasteiger partial charge on any atom is 0.417 e. The second-order valence-electron chi connectivity index (χ2n) is 6.47. The highest BCUT2D eigenvalue weighted by atomic mass is 19.4. The molecule has 0 aliphatic carbocycles. The van der Waals surface area contributed by atoms with Crippen LogP contribution in [0.5, 0.6) is 11.5 Å². The van der Waals surface area contributed by atoms with E-state index in [2.05, 4.69) is 5.32 Å². The van der Waals surface area contributed by atoms with Crippen LogP contribution in [0.2, 0.25) is 0 Å². The molecule has 2 aromatic rings. The van der Waals surface area contributed by atoms with Gasteiger partial charge in [-0.25, -0.2) is 0 Å². The lowest BCUT2D eigenvalue weighted by atomic mass is 10.1. The molecule has 0 saturated carbocycles. The van der Waals surface area contributed by atoms with Crippen molar-refractivity contribution in [3.63, 3.8) is 0 Å². The Bertz CT molecular complexity index is 907. The van der Waals surface area contributed by atoms with Gasteiger partial charge in [0.25, 0.3) is 5.91 Å². The summed E-state index contributed by atoms with van der Waals surface area (Å²) in [6.45, 7) is 4.37. The predicted molar refractivity (Wildman–Crippen MR) is 105 cm³/mol. The number of carbonyl (C=O) groups excluding carboxylic acids is 1. The second kappa shape index (κ2) is 10.5. The van der Waals surface area contributed by atoms with Crippen LogP contribution in [0.15, 0.2) is 42.5 Å². The minimum atomic E-state index is -4.70. The summed E-state index contributed by atoms with van der Waals surface area (Å²) in [7, 11) is 0. The number of para-hydroxylation sites is 1. The van der Waals surface area contributed by atoms with Gasteiger partial charge in [0, 0.05) is 12.1 Å². The average molecular weight is 420 g/mol. The molecule has 0 spiro atoms. The molecule has 0 saturated heterocycles. The van der Waals surface area contributed by atoms with E-state index >= 15 is 0 Å². The van der Waals surface area contributed by atoms with Gasteiger partial charge in [0.1, 0.15) is 11.5 Å². The SMILES string of the molecule is CCCC(Oc1ccc(C#N)c(C(F)(F)F)c1)C(=O)NCc1ccccc1OCC. The summed E-state index contributed by atoms with van der Waals surface area (Å²) in [5, 5.41) is 11.7. The van der Waals surface area contributed by atoms with Crippen LogP contribution in [0.1, 0.15) is 43.4 Å². The summed E-state index contributed by atoms with van der Waals surface area (Å²) in [5.41, 5.74) is -0.816. The van der Waals surface area contributed by atoms with Crippen molar-refractivity contribution in [3.8, 4) is 17.6 Å². The van der Waals surface area contributed by atoms with E-state index in [4.69, 9.17) is 14.7 Å². The molecule has 1 atom stereocenters. The first-order valence-corrected chi connectivity index (χ1v) is 9.56. The Morgan fingerprint density at radius 1 is 1.20 bits per heavy atom. The van der Waals surface area contributed by atoms with Crippen LogP contribution in [-0.4, -0.2) is 18.6 Å². The van der Waals surface area contributed by atoms with Gasteiger partial charge in [-0.3, -0.25) is 4.79 Å². The molecule has 0 fully saturated rings. The fourth-order valence-corrected chi connectivity index (χ4v) is 2.84. The number of hydrogen-bond acceptors (Lipinski definition) is 4. The fourth-order valence-electron chi connectivity index (χ4n) is 2.84. The Morgan fingerprint density at radius 2 is 1.93 bits per heavy atom. The number of halogens is 3. The number of carbonyl (C=O) groups is 1. The number of nitriles is 1. The van der Waals surface area contributed by atoms with E-state index in [0.29, 0.717) is 25.2 Å². The third-order valence-corrected chi connectivity index (χ3v) is 4.26. The smallest absolute Gasteiger partial charge is 0.417 e. The van der Waals surface area contributed by atoms with Crippen molar-refractivity contribution in [2.75, 3.05) is 6.61 Å². The van der Waals surface area contributed by atoms with Crippen LogP contribution < -0.4 is 14.8 Å². The van der Waals surface area contributed by atoms with Gasteiger partial charge in [0.05, 0.1) is 23.8 Å². The zero-order valence-corrected chi connectivity index (χ0v) is 16.8. The van der Waals surface area contributed by atoms with E-state index in [1.165, 1.54) is 12.1 Å². The van der Waals surface area contributed by atoms with Crippen LogP contribution in [0.4, 0.5) is 13.2 Å². The summed E-state index contributed by atoms with van der Waals surface area (Å²) in [6.07, 6.45) is -4.75. The van der Waals surface area contributed by atoms with Crippen LogP contribution in [0.3, 0.4) is 0 Å². The number of rotatable bonds is 9. The van der Waals surface area contributed by atoms with Gasteiger partial charge in [-0.15, -0.1) is 0 Å². The standard InChI is InChI=1S/C22H23F3N2O3/c1-3-7-20(21(28)27-14-16-8-5-6-9-19(16)29-4-2)30-17-11-10-15(13-26)18(12-17)22(23,24)25/h5-6,8-12,20H,3-4,7,14H2,1-2H3,(H,27,28). The summed E-state index contributed by atoms with van der Waals surface area (Å²) < 4.78 is 50.6. The van der Waals surface area contributed by atoms with Crippen LogP contribution in [-0.2, 0) is 17.5 Å². The second-order valence-corrected chi connectivity index (χ2v) is 6.47. The first kappa shape index (κ1) is 23.1. The molecule has 2 aromatic carbocycles. The van der Waals surface area contributed by atoms with Crippen molar-refractivity contribution >= 4 is 5.91 Å². The lowest BCUT2D eigenvalue weighted by molar-refractivity contribution is -0.137. The van der Waals surface area contributed by atoms with Crippen LogP contribution in [0, 0.1) is 11.3 Å². The zero-order valence-electron chi connectivity index (χ0n) is 16.8. The largest absolute Gasteiger partial charge is 0.494 e. The van der Waals surface area contributed by atoms with Crippen molar-refractivity contribution in [2.24, 2.45) is 0 Å². The van der Waals surface area contributed by atoms with E-state index < -0.39 is 29.3 Å². The molecular weight excluding hydrogens is 397 g/mol. The van der Waals surface area contributed by atoms with Crippen LogP contribution >= 0.6 is 0 Å². The monoisotopic (exact) mass is 420 g/mol. The maximum atomic E-state index is 13.2. The van der Waals surface area contributed by atoms with Gasteiger partial charge >= 0.3 is 6.18 Å². The number of amides is 1. The Kier molecular flexibility index (Phi) is 8.10. The molecule has 2 rings (SSSR count). The van der Waals surface area contributed by atoms with Crippen molar-refractivity contribution in [1.29, 1.82) is 5.26 Å². The highest BCUT2D eigenvalue weighted by molar-refractivity contribution is 5.81. The Labute approximate surface area is 173 Å². The van der Waals surface area contributed by atoms with E-state index in [1.54, 1.807) is 6.07 Å². The lowest BCUT2D eigenvalue weighted by Gasteiger charge is -2.20. The van der Waals surface area contributed by atoms with Crippen molar-refractivity contribution in [1.82, 2.24) is 5.32 Å². The van der Waals surface area contributed by atoms with Crippen LogP contribution in [0.25, 0.3) is 0 Å². The molecule has 8 heteroatoms. The molecule has 1 amide bonds. The van der Waals surface area contributed by atoms with E-state index in [1.807, 2.05) is 32.0 Å². The molecule has 1 N–H and O–H groups in total. The van der Waals surface area contributed by atoms with Crippen molar-refractivity contribution in [2.45, 2.75) is 45.5 Å². The van der Waals surface area contributed by atoms with Gasteiger partial charge in [-0.1, -0.05) is 31.5 Å². The fraction of sp³-hybridized carbons (Fsp3) is 0.364. The van der Waals surface area contributed by atoms with Gasteiger partial charge in [0.2, 0.25) is 0 Å². The first-order valence-electron chi connectivity index (χ1n) is 9.56. The molecule has 30 heavy (non-hydrogen) atoms. The molecule has 0 radical (unpaired) electrons. The number of nitrogens with one attached hydrogen (secondary N) is 1. The van der Waals surface area contributed by atoms with Crippen molar-refractivity contribution in [3.05, 3.63) is 59.2 Å². The number of alkyl halides is 3. The Morgan fingerprint density at radius 3 is 2.57 bits per heavy atom. The summed E-state index contributed by atoms with van der Waals surface area (Å²) >= 11 is 0. The molecule has 1 unspecified atom stereocenters. The van der Waals surface area contributed by atoms with E-state index in [9.17, 15) is 18.0 Å². The lowest BCUT2D eigenvalue weighted by Crippen LogP contribution is -2.38. The van der Waals surface area contributed by atoms with Crippen molar-refractivity contribution < 1.29 is 27.4 Å². The third kappa shape index (κ3) is 6.14. The quantitative estimate of drug-likeness (QED) is 0.630.